The van der Waals surface area contributed by atoms with Crippen LogP contribution in [-0.4, -0.2) is 37.6 Å². The van der Waals surface area contributed by atoms with Crippen LogP contribution in [0.25, 0.3) is 33.3 Å². The van der Waals surface area contributed by atoms with Gasteiger partial charge in [0.15, 0.2) is 0 Å². The van der Waals surface area contributed by atoms with Gasteiger partial charge in [-0.3, -0.25) is 4.98 Å². The van der Waals surface area contributed by atoms with Crippen molar-refractivity contribution in [2.75, 3.05) is 13.1 Å². The van der Waals surface area contributed by atoms with E-state index in [0.29, 0.717) is 12.5 Å². The first-order chi connectivity index (χ1) is 15.8. The monoisotopic (exact) mass is 426 g/mol. The van der Waals surface area contributed by atoms with E-state index >= 15 is 0 Å². The van der Waals surface area contributed by atoms with Crippen molar-refractivity contribution in [3.8, 4) is 11.3 Å². The van der Waals surface area contributed by atoms with E-state index in [2.05, 4.69) is 38.1 Å². The summed E-state index contributed by atoms with van der Waals surface area (Å²) in [5.41, 5.74) is 5.80. The molecule has 6 heterocycles. The van der Waals surface area contributed by atoms with E-state index in [1.54, 1.807) is 12.3 Å². The van der Waals surface area contributed by atoms with Gasteiger partial charge < -0.3 is 14.9 Å². The Hall–Kier alpha value is -3.58. The standard InChI is InChI=1S/C25H23FN6/c26-19-11-16(13-28-14-19)15-32-23(17-3-7-27-8-4-17)12-21-20(6-10-30-25(21)32)22-2-1-18-5-9-29-24(18)31-22/h1-2,5-6,9-14,17,27H,3-4,7-8,15H2,(H,29,31). The Morgan fingerprint density at radius 3 is 2.84 bits per heavy atom. The smallest absolute Gasteiger partial charge is 0.141 e. The number of aromatic amines is 1. The lowest BCUT2D eigenvalue weighted by atomic mass is 9.94. The molecule has 0 amide bonds. The summed E-state index contributed by atoms with van der Waals surface area (Å²) < 4.78 is 16.1. The zero-order chi connectivity index (χ0) is 21.5. The lowest BCUT2D eigenvalue weighted by Gasteiger charge is -2.24. The fraction of sp³-hybridized carbons (Fsp3) is 0.240. The molecular formula is C25H23FN6. The molecule has 0 aliphatic carbocycles. The third-order valence-corrected chi connectivity index (χ3v) is 6.37. The van der Waals surface area contributed by atoms with E-state index in [1.165, 1.54) is 11.9 Å². The lowest BCUT2D eigenvalue weighted by molar-refractivity contribution is 0.443. The molecule has 6 nitrogen and oxygen atoms in total. The quantitative estimate of drug-likeness (QED) is 0.440. The Bertz CT molecular complexity index is 1410. The van der Waals surface area contributed by atoms with Crippen molar-refractivity contribution in [3.63, 3.8) is 0 Å². The van der Waals surface area contributed by atoms with Crippen LogP contribution in [0.1, 0.15) is 30.0 Å². The van der Waals surface area contributed by atoms with Crippen molar-refractivity contribution < 1.29 is 4.39 Å². The molecule has 0 bridgehead atoms. The molecule has 1 fully saturated rings. The van der Waals surface area contributed by atoms with E-state index in [4.69, 9.17) is 9.97 Å². The summed E-state index contributed by atoms with van der Waals surface area (Å²) in [6.45, 7) is 2.53. The summed E-state index contributed by atoms with van der Waals surface area (Å²) in [7, 11) is 0. The van der Waals surface area contributed by atoms with Gasteiger partial charge in [0.2, 0.25) is 0 Å². The zero-order valence-electron chi connectivity index (χ0n) is 17.6. The van der Waals surface area contributed by atoms with E-state index in [0.717, 1.165) is 64.8 Å². The SMILES string of the molecule is Fc1cncc(Cn2c(C3CCNCC3)cc3c(-c4ccc5cc[nH]c5n4)ccnc32)c1. The zero-order valence-corrected chi connectivity index (χ0v) is 17.6. The van der Waals surface area contributed by atoms with Crippen molar-refractivity contribution in [2.24, 2.45) is 0 Å². The molecule has 0 spiro atoms. The number of halogens is 1. The predicted molar refractivity (Wildman–Crippen MR) is 123 cm³/mol. The van der Waals surface area contributed by atoms with Crippen molar-refractivity contribution in [3.05, 3.63) is 78.3 Å². The van der Waals surface area contributed by atoms with Gasteiger partial charge in [-0.05, 0) is 67.9 Å². The lowest BCUT2D eigenvalue weighted by Crippen LogP contribution is -2.27. The molecule has 2 N–H and O–H groups in total. The number of H-pyrrole nitrogens is 1. The third kappa shape index (κ3) is 3.35. The van der Waals surface area contributed by atoms with Crippen LogP contribution in [0.4, 0.5) is 4.39 Å². The number of hydrogen-bond acceptors (Lipinski definition) is 4. The molecule has 0 saturated carbocycles. The van der Waals surface area contributed by atoms with Crippen LogP contribution in [-0.2, 0) is 6.54 Å². The molecule has 5 aromatic rings. The average Bonchev–Trinajstić information content (AvgIpc) is 3.44. The molecular weight excluding hydrogens is 403 g/mol. The maximum Gasteiger partial charge on any atom is 0.141 e. The number of nitrogens with zero attached hydrogens (tertiary/aromatic N) is 4. The number of aromatic nitrogens is 5. The van der Waals surface area contributed by atoms with Crippen LogP contribution in [0.2, 0.25) is 0 Å². The minimum atomic E-state index is -0.320. The molecule has 6 rings (SSSR count). The van der Waals surface area contributed by atoms with E-state index in [9.17, 15) is 4.39 Å². The summed E-state index contributed by atoms with van der Waals surface area (Å²) in [5.74, 6) is 0.109. The summed E-state index contributed by atoms with van der Waals surface area (Å²) in [4.78, 5) is 16.8. The minimum Gasteiger partial charge on any atom is -0.346 e. The molecule has 1 saturated heterocycles. The number of rotatable bonds is 4. The predicted octanol–water partition coefficient (Wildman–Crippen LogP) is 4.63. The fourth-order valence-electron chi connectivity index (χ4n) is 4.82. The largest absolute Gasteiger partial charge is 0.346 e. The van der Waals surface area contributed by atoms with Crippen LogP contribution in [0.3, 0.4) is 0 Å². The summed E-state index contributed by atoms with van der Waals surface area (Å²) >= 11 is 0. The summed E-state index contributed by atoms with van der Waals surface area (Å²) in [5, 5.41) is 5.61. The number of hydrogen-bond donors (Lipinski definition) is 2. The molecule has 0 unspecified atom stereocenters. The number of fused-ring (bicyclic) bond motifs is 2. The highest BCUT2D eigenvalue weighted by molar-refractivity contribution is 5.94. The van der Waals surface area contributed by atoms with Crippen molar-refractivity contribution >= 4 is 22.1 Å². The van der Waals surface area contributed by atoms with Crippen LogP contribution in [0.15, 0.2) is 61.2 Å². The molecule has 32 heavy (non-hydrogen) atoms. The molecule has 0 radical (unpaired) electrons. The van der Waals surface area contributed by atoms with Crippen molar-refractivity contribution in [2.45, 2.75) is 25.3 Å². The Kier molecular flexibility index (Phi) is 4.69. The second-order valence-corrected chi connectivity index (χ2v) is 8.40. The van der Waals surface area contributed by atoms with Gasteiger partial charge in [0, 0.05) is 46.5 Å². The van der Waals surface area contributed by atoms with Crippen LogP contribution in [0.5, 0.6) is 0 Å². The van der Waals surface area contributed by atoms with Gasteiger partial charge in [-0.25, -0.2) is 14.4 Å². The first-order valence-electron chi connectivity index (χ1n) is 11.0. The molecule has 1 aliphatic rings. The third-order valence-electron chi connectivity index (χ3n) is 6.37. The molecule has 0 atom stereocenters. The molecule has 5 aromatic heterocycles. The maximum atomic E-state index is 13.8. The first-order valence-corrected chi connectivity index (χ1v) is 11.0. The second kappa shape index (κ2) is 7.84. The highest BCUT2D eigenvalue weighted by atomic mass is 19.1. The van der Waals surface area contributed by atoms with Crippen LogP contribution in [0, 0.1) is 5.82 Å². The number of piperidine rings is 1. The average molecular weight is 426 g/mol. The number of nitrogens with one attached hydrogen (secondary N) is 2. The Morgan fingerprint density at radius 1 is 1.06 bits per heavy atom. The molecule has 160 valence electrons. The van der Waals surface area contributed by atoms with Gasteiger partial charge in [0.05, 0.1) is 18.4 Å². The van der Waals surface area contributed by atoms with Gasteiger partial charge in [0.1, 0.15) is 17.1 Å². The fourth-order valence-corrected chi connectivity index (χ4v) is 4.82. The summed E-state index contributed by atoms with van der Waals surface area (Å²) in [6, 6.07) is 12.0. The Morgan fingerprint density at radius 2 is 1.97 bits per heavy atom. The van der Waals surface area contributed by atoms with Crippen LogP contribution >= 0.6 is 0 Å². The Labute approximate surface area is 184 Å². The normalized spacial score (nSPS) is 15.0. The van der Waals surface area contributed by atoms with Crippen molar-refractivity contribution in [1.82, 2.24) is 29.8 Å². The maximum absolute atomic E-state index is 13.8. The highest BCUT2D eigenvalue weighted by Crippen LogP contribution is 2.35. The highest BCUT2D eigenvalue weighted by Gasteiger charge is 2.23. The summed E-state index contributed by atoms with van der Waals surface area (Å²) in [6.07, 6.45) is 8.85. The van der Waals surface area contributed by atoms with Gasteiger partial charge in [0.25, 0.3) is 0 Å². The van der Waals surface area contributed by atoms with Gasteiger partial charge in [-0.15, -0.1) is 0 Å². The van der Waals surface area contributed by atoms with Crippen LogP contribution < -0.4 is 5.32 Å². The molecule has 1 aliphatic heterocycles. The van der Waals surface area contributed by atoms with Gasteiger partial charge in [-0.2, -0.15) is 0 Å². The van der Waals surface area contributed by atoms with Crippen molar-refractivity contribution in [1.29, 1.82) is 0 Å². The van der Waals surface area contributed by atoms with Gasteiger partial charge >= 0.3 is 0 Å². The minimum absolute atomic E-state index is 0.320. The number of pyridine rings is 3. The first kappa shape index (κ1) is 19.1. The second-order valence-electron chi connectivity index (χ2n) is 8.40. The van der Waals surface area contributed by atoms with E-state index < -0.39 is 0 Å². The van der Waals surface area contributed by atoms with Gasteiger partial charge in [-0.1, -0.05) is 0 Å². The molecule has 0 aromatic carbocycles. The Balaban J connectivity index is 1.53. The topological polar surface area (TPSA) is 71.4 Å². The molecule has 7 heteroatoms. The van der Waals surface area contributed by atoms with E-state index in [1.807, 2.05) is 24.5 Å². The van der Waals surface area contributed by atoms with E-state index in [-0.39, 0.29) is 5.82 Å².